The monoisotopic (exact) mass is 205 g/mol. The van der Waals surface area contributed by atoms with Crippen molar-refractivity contribution in [1.82, 2.24) is 4.98 Å². The van der Waals surface area contributed by atoms with Crippen LogP contribution in [0.5, 0.6) is 0 Å². The van der Waals surface area contributed by atoms with Crippen LogP contribution in [-0.2, 0) is 11.2 Å². The van der Waals surface area contributed by atoms with E-state index >= 15 is 0 Å². The topological polar surface area (TPSA) is 53.1 Å². The molecule has 3 heteroatoms. The van der Waals surface area contributed by atoms with E-state index in [-0.39, 0.29) is 0 Å². The molecule has 1 heterocycles. The first-order valence-electron chi connectivity index (χ1n) is 4.89. The van der Waals surface area contributed by atoms with Crippen LogP contribution in [0, 0.1) is 0 Å². The Balaban J connectivity index is 0.000000245. The van der Waals surface area contributed by atoms with Crippen molar-refractivity contribution in [3.63, 3.8) is 0 Å². The Hall–Kier alpha value is -1.77. The summed E-state index contributed by atoms with van der Waals surface area (Å²) in [4.78, 5) is 12.2. The van der Waals surface area contributed by atoms with Gasteiger partial charge in [0.2, 0.25) is 0 Å². The first kappa shape index (κ1) is 11.3. The Morgan fingerprint density at radius 2 is 2.00 bits per heavy atom. The summed E-state index contributed by atoms with van der Waals surface area (Å²) in [5.74, 6) is -0.833. The lowest BCUT2D eigenvalue weighted by atomic mass is 10.1. The molecule has 0 spiro atoms. The number of carbonyl (C=O) groups is 1. The maximum absolute atomic E-state index is 9.00. The van der Waals surface area contributed by atoms with Crippen LogP contribution in [0.2, 0.25) is 0 Å². The predicted octanol–water partition coefficient (Wildman–Crippen LogP) is 2.82. The van der Waals surface area contributed by atoms with Crippen molar-refractivity contribution in [3.05, 3.63) is 36.0 Å². The van der Waals surface area contributed by atoms with Crippen molar-refractivity contribution in [2.75, 3.05) is 0 Å². The molecule has 0 aliphatic heterocycles. The summed E-state index contributed by atoms with van der Waals surface area (Å²) in [5.41, 5.74) is 2.64. The minimum Gasteiger partial charge on any atom is -0.481 e. The lowest BCUT2D eigenvalue weighted by Crippen LogP contribution is -1.78. The molecule has 0 aliphatic carbocycles. The molecule has 0 radical (unpaired) electrons. The van der Waals surface area contributed by atoms with Crippen molar-refractivity contribution in [2.24, 2.45) is 0 Å². The fourth-order valence-electron chi connectivity index (χ4n) is 1.42. The van der Waals surface area contributed by atoms with Crippen LogP contribution in [0.3, 0.4) is 0 Å². The molecule has 0 amide bonds. The summed E-state index contributed by atoms with van der Waals surface area (Å²) in [6, 6.07) is 8.40. The first-order chi connectivity index (χ1) is 7.15. The summed E-state index contributed by atoms with van der Waals surface area (Å²) in [6.07, 6.45) is 3.19. The molecule has 0 unspecified atom stereocenters. The van der Waals surface area contributed by atoms with Gasteiger partial charge < -0.3 is 10.1 Å². The highest BCUT2D eigenvalue weighted by molar-refractivity contribution is 5.82. The Labute approximate surface area is 88.7 Å². The molecule has 2 N–H and O–H groups in total. The van der Waals surface area contributed by atoms with Gasteiger partial charge in [-0.15, -0.1) is 0 Å². The van der Waals surface area contributed by atoms with Crippen molar-refractivity contribution >= 4 is 16.9 Å². The standard InChI is InChI=1S/C10H11N.C2H4O2/c1-2-8-7-11-10-6-4-3-5-9(8)10;1-2(3)4/h3-7,11H,2H2,1H3;1H3,(H,3,4). The second-order valence-electron chi connectivity index (χ2n) is 3.23. The highest BCUT2D eigenvalue weighted by Gasteiger charge is 1.97. The van der Waals surface area contributed by atoms with Gasteiger partial charge in [-0.25, -0.2) is 0 Å². The average molecular weight is 205 g/mol. The third kappa shape index (κ3) is 3.13. The van der Waals surface area contributed by atoms with Crippen LogP contribution in [0.25, 0.3) is 10.9 Å². The van der Waals surface area contributed by atoms with Crippen LogP contribution >= 0.6 is 0 Å². The van der Waals surface area contributed by atoms with Crippen LogP contribution in [0.4, 0.5) is 0 Å². The summed E-state index contributed by atoms with van der Waals surface area (Å²) in [5, 5.41) is 8.77. The van der Waals surface area contributed by atoms with Gasteiger partial charge >= 0.3 is 0 Å². The highest BCUT2D eigenvalue weighted by Crippen LogP contribution is 2.17. The molecule has 1 aromatic carbocycles. The Kier molecular flexibility index (Phi) is 3.92. The molecule has 3 nitrogen and oxygen atoms in total. The van der Waals surface area contributed by atoms with Crippen LogP contribution in [-0.4, -0.2) is 16.1 Å². The van der Waals surface area contributed by atoms with Gasteiger partial charge in [-0.3, -0.25) is 4.79 Å². The zero-order chi connectivity index (χ0) is 11.3. The average Bonchev–Trinajstić information content (AvgIpc) is 2.59. The number of hydrogen-bond acceptors (Lipinski definition) is 1. The number of carboxylic acids is 1. The number of aromatic amines is 1. The van der Waals surface area contributed by atoms with Gasteiger partial charge in [-0.2, -0.15) is 0 Å². The Bertz CT molecular complexity index is 442. The number of aliphatic carboxylic acids is 1. The molecular weight excluding hydrogens is 190 g/mol. The van der Waals surface area contributed by atoms with Crippen LogP contribution in [0.15, 0.2) is 30.5 Å². The minimum absolute atomic E-state index is 0.833. The molecular formula is C12H15NO2. The van der Waals surface area contributed by atoms with E-state index in [0.29, 0.717) is 0 Å². The first-order valence-corrected chi connectivity index (χ1v) is 4.89. The van der Waals surface area contributed by atoms with E-state index in [1.165, 1.54) is 16.5 Å². The zero-order valence-corrected chi connectivity index (χ0v) is 8.95. The number of hydrogen-bond donors (Lipinski definition) is 2. The molecule has 80 valence electrons. The number of carboxylic acid groups (broad SMARTS) is 1. The molecule has 0 aliphatic rings. The summed E-state index contributed by atoms with van der Waals surface area (Å²) in [7, 11) is 0. The van der Waals surface area contributed by atoms with Crippen LogP contribution < -0.4 is 0 Å². The predicted molar refractivity (Wildman–Crippen MR) is 61.0 cm³/mol. The molecule has 0 atom stereocenters. The number of rotatable bonds is 1. The third-order valence-electron chi connectivity index (χ3n) is 2.06. The number of aromatic nitrogens is 1. The Morgan fingerprint density at radius 1 is 1.40 bits per heavy atom. The smallest absolute Gasteiger partial charge is 0.300 e. The quantitative estimate of drug-likeness (QED) is 0.752. The fraction of sp³-hybridized carbons (Fsp3) is 0.250. The second kappa shape index (κ2) is 5.20. The number of fused-ring (bicyclic) bond motifs is 1. The van der Waals surface area contributed by atoms with Crippen molar-refractivity contribution < 1.29 is 9.90 Å². The van der Waals surface area contributed by atoms with Gasteiger partial charge in [-0.05, 0) is 18.1 Å². The molecule has 2 aromatic rings. The number of para-hydroxylation sites is 1. The normalized spacial score (nSPS) is 9.47. The van der Waals surface area contributed by atoms with E-state index in [2.05, 4.69) is 42.4 Å². The van der Waals surface area contributed by atoms with Gasteiger partial charge in [-0.1, -0.05) is 25.1 Å². The van der Waals surface area contributed by atoms with Crippen LogP contribution in [0.1, 0.15) is 19.4 Å². The van der Waals surface area contributed by atoms with E-state index in [0.717, 1.165) is 13.3 Å². The molecule has 0 bridgehead atoms. The maximum Gasteiger partial charge on any atom is 0.300 e. The molecule has 15 heavy (non-hydrogen) atoms. The largest absolute Gasteiger partial charge is 0.481 e. The van der Waals surface area contributed by atoms with Crippen molar-refractivity contribution in [1.29, 1.82) is 0 Å². The number of H-pyrrole nitrogens is 1. The van der Waals surface area contributed by atoms with E-state index in [4.69, 9.17) is 9.90 Å². The number of aryl methyl sites for hydroxylation is 1. The van der Waals surface area contributed by atoms with Crippen molar-refractivity contribution in [3.8, 4) is 0 Å². The number of benzene rings is 1. The maximum atomic E-state index is 9.00. The van der Waals surface area contributed by atoms with Gasteiger partial charge in [0.05, 0.1) is 0 Å². The van der Waals surface area contributed by atoms with E-state index in [1.807, 2.05) is 0 Å². The lowest BCUT2D eigenvalue weighted by Gasteiger charge is -1.90. The summed E-state index contributed by atoms with van der Waals surface area (Å²) in [6.45, 7) is 3.26. The molecule has 1 aromatic heterocycles. The second-order valence-corrected chi connectivity index (χ2v) is 3.23. The molecule has 0 fully saturated rings. The van der Waals surface area contributed by atoms with Crippen molar-refractivity contribution in [2.45, 2.75) is 20.3 Å². The number of nitrogens with one attached hydrogen (secondary N) is 1. The molecule has 0 saturated heterocycles. The summed E-state index contributed by atoms with van der Waals surface area (Å²) >= 11 is 0. The highest BCUT2D eigenvalue weighted by atomic mass is 16.4. The van der Waals surface area contributed by atoms with Gasteiger partial charge in [0.15, 0.2) is 0 Å². The van der Waals surface area contributed by atoms with E-state index < -0.39 is 5.97 Å². The van der Waals surface area contributed by atoms with E-state index in [9.17, 15) is 0 Å². The van der Waals surface area contributed by atoms with Gasteiger partial charge in [0, 0.05) is 24.0 Å². The third-order valence-corrected chi connectivity index (χ3v) is 2.06. The SMILES string of the molecule is CC(=O)O.CCc1c[nH]c2ccccc12. The van der Waals surface area contributed by atoms with E-state index in [1.54, 1.807) is 0 Å². The lowest BCUT2D eigenvalue weighted by molar-refractivity contribution is -0.134. The zero-order valence-electron chi connectivity index (χ0n) is 8.95. The van der Waals surface area contributed by atoms with Gasteiger partial charge in [0.25, 0.3) is 5.97 Å². The summed E-state index contributed by atoms with van der Waals surface area (Å²) < 4.78 is 0. The van der Waals surface area contributed by atoms with Gasteiger partial charge in [0.1, 0.15) is 0 Å². The molecule has 2 rings (SSSR count). The fourth-order valence-corrected chi connectivity index (χ4v) is 1.42. The minimum atomic E-state index is -0.833. The molecule has 0 saturated carbocycles. The Morgan fingerprint density at radius 3 is 2.60 bits per heavy atom.